The van der Waals surface area contributed by atoms with Crippen LogP contribution in [0.15, 0.2) is 53.3 Å². The summed E-state index contributed by atoms with van der Waals surface area (Å²) in [5, 5.41) is 3.55. The standard InChI is InChI=1S/C23H27N5O3/c1-16(21-24-18-9-5-4-8-17(18)22(29)26(21)2)27-12-14-28(15-13-27)23(30)25-19-10-6-7-11-20(19)31-3/h4-11,16H,12-15H2,1-3H3,(H,25,30). The molecule has 2 aromatic carbocycles. The number of piperazine rings is 1. The van der Waals surface area contributed by atoms with Crippen LogP contribution in [0.5, 0.6) is 5.75 Å². The van der Waals surface area contributed by atoms with Crippen molar-refractivity contribution in [3.8, 4) is 5.75 Å². The minimum Gasteiger partial charge on any atom is -0.495 e. The van der Waals surface area contributed by atoms with E-state index < -0.39 is 0 Å². The van der Waals surface area contributed by atoms with E-state index in [1.807, 2.05) is 42.5 Å². The number of urea groups is 1. The molecular formula is C23H27N5O3. The summed E-state index contributed by atoms with van der Waals surface area (Å²) in [4.78, 5) is 34.2. The average Bonchev–Trinajstić information content (AvgIpc) is 2.81. The molecule has 1 aromatic heterocycles. The number of nitrogens with one attached hydrogen (secondary N) is 1. The highest BCUT2D eigenvalue weighted by atomic mass is 16.5. The van der Waals surface area contributed by atoms with Gasteiger partial charge in [-0.1, -0.05) is 24.3 Å². The number of carbonyl (C=O) groups is 1. The van der Waals surface area contributed by atoms with E-state index in [4.69, 9.17) is 9.72 Å². The van der Waals surface area contributed by atoms with Crippen LogP contribution in [-0.4, -0.2) is 58.7 Å². The van der Waals surface area contributed by atoms with Crippen LogP contribution in [0.4, 0.5) is 10.5 Å². The lowest BCUT2D eigenvalue weighted by Crippen LogP contribution is -2.51. The second-order valence-electron chi connectivity index (χ2n) is 7.68. The average molecular weight is 422 g/mol. The Bertz CT molecular complexity index is 1150. The van der Waals surface area contributed by atoms with Crippen LogP contribution in [-0.2, 0) is 7.05 Å². The van der Waals surface area contributed by atoms with Gasteiger partial charge in [-0.3, -0.25) is 14.3 Å². The van der Waals surface area contributed by atoms with Gasteiger partial charge >= 0.3 is 6.03 Å². The predicted octanol–water partition coefficient (Wildman–Crippen LogP) is 2.85. The van der Waals surface area contributed by atoms with E-state index in [0.717, 1.165) is 5.82 Å². The number of hydrogen-bond donors (Lipinski definition) is 1. The number of hydrogen-bond acceptors (Lipinski definition) is 5. The monoisotopic (exact) mass is 421 g/mol. The van der Waals surface area contributed by atoms with Gasteiger partial charge in [-0.25, -0.2) is 9.78 Å². The first-order chi connectivity index (χ1) is 15.0. The highest BCUT2D eigenvalue weighted by Crippen LogP contribution is 2.24. The molecule has 1 aliphatic heterocycles. The van der Waals surface area contributed by atoms with Gasteiger partial charge in [-0.15, -0.1) is 0 Å². The third-order valence-corrected chi connectivity index (χ3v) is 5.89. The number of amides is 2. The molecule has 1 saturated heterocycles. The van der Waals surface area contributed by atoms with Crippen LogP contribution in [0.2, 0.25) is 0 Å². The van der Waals surface area contributed by atoms with Gasteiger partial charge in [0, 0.05) is 33.2 Å². The number of aromatic nitrogens is 2. The van der Waals surface area contributed by atoms with Gasteiger partial charge in [0.25, 0.3) is 5.56 Å². The lowest BCUT2D eigenvalue weighted by molar-refractivity contribution is 0.114. The third kappa shape index (κ3) is 4.11. The summed E-state index contributed by atoms with van der Waals surface area (Å²) < 4.78 is 6.94. The first-order valence-electron chi connectivity index (χ1n) is 10.4. The van der Waals surface area contributed by atoms with E-state index in [2.05, 4.69) is 17.1 Å². The van der Waals surface area contributed by atoms with E-state index in [-0.39, 0.29) is 17.6 Å². The van der Waals surface area contributed by atoms with Gasteiger partial charge in [-0.2, -0.15) is 0 Å². The Morgan fingerprint density at radius 1 is 1.06 bits per heavy atom. The zero-order valence-electron chi connectivity index (χ0n) is 18.0. The minimum absolute atomic E-state index is 0.0396. The summed E-state index contributed by atoms with van der Waals surface area (Å²) >= 11 is 0. The Labute approximate surface area is 181 Å². The zero-order valence-corrected chi connectivity index (χ0v) is 18.0. The molecular weight excluding hydrogens is 394 g/mol. The molecule has 3 aromatic rings. The van der Waals surface area contributed by atoms with Crippen LogP contribution in [0.3, 0.4) is 0 Å². The molecule has 1 unspecified atom stereocenters. The normalized spacial score (nSPS) is 15.6. The second-order valence-corrected chi connectivity index (χ2v) is 7.68. The number of nitrogens with zero attached hydrogens (tertiary/aromatic N) is 4. The fourth-order valence-electron chi connectivity index (χ4n) is 4.03. The SMILES string of the molecule is COc1ccccc1NC(=O)N1CCN(C(C)c2nc3ccccc3c(=O)n2C)CC1. The summed E-state index contributed by atoms with van der Waals surface area (Å²) in [5.74, 6) is 1.36. The topological polar surface area (TPSA) is 79.7 Å². The number of carbonyl (C=O) groups excluding carboxylic acids is 1. The van der Waals surface area contributed by atoms with Crippen LogP contribution < -0.4 is 15.6 Å². The highest BCUT2D eigenvalue weighted by molar-refractivity contribution is 5.91. The molecule has 0 bridgehead atoms. The van der Waals surface area contributed by atoms with Gasteiger partial charge in [0.1, 0.15) is 11.6 Å². The van der Waals surface area contributed by atoms with Crippen molar-refractivity contribution in [3.63, 3.8) is 0 Å². The molecule has 1 fully saturated rings. The van der Waals surface area contributed by atoms with Crippen molar-refractivity contribution in [1.29, 1.82) is 0 Å². The third-order valence-electron chi connectivity index (χ3n) is 5.89. The van der Waals surface area contributed by atoms with Gasteiger partial charge in [-0.05, 0) is 31.2 Å². The second kappa shape index (κ2) is 8.77. The first-order valence-corrected chi connectivity index (χ1v) is 10.4. The van der Waals surface area contributed by atoms with Crippen molar-refractivity contribution in [3.05, 3.63) is 64.7 Å². The fourth-order valence-corrected chi connectivity index (χ4v) is 4.03. The Hall–Kier alpha value is -3.39. The van der Waals surface area contributed by atoms with E-state index in [0.29, 0.717) is 48.5 Å². The summed E-state index contributed by atoms with van der Waals surface area (Å²) in [7, 11) is 3.35. The number of ether oxygens (including phenoxy) is 1. The quantitative estimate of drug-likeness (QED) is 0.701. The number of fused-ring (bicyclic) bond motifs is 1. The number of para-hydroxylation sites is 3. The van der Waals surface area contributed by atoms with Crippen LogP contribution in [0.1, 0.15) is 18.8 Å². The molecule has 8 heteroatoms. The number of methoxy groups -OCH3 is 1. The van der Waals surface area contributed by atoms with Gasteiger partial charge < -0.3 is 15.0 Å². The molecule has 4 rings (SSSR count). The molecule has 1 aliphatic rings. The zero-order chi connectivity index (χ0) is 22.0. The van der Waals surface area contributed by atoms with Crippen molar-refractivity contribution in [2.75, 3.05) is 38.6 Å². The highest BCUT2D eigenvalue weighted by Gasteiger charge is 2.27. The molecule has 0 spiro atoms. The molecule has 8 nitrogen and oxygen atoms in total. The van der Waals surface area contributed by atoms with Crippen molar-refractivity contribution in [1.82, 2.24) is 19.4 Å². The molecule has 0 saturated carbocycles. The van der Waals surface area contributed by atoms with E-state index >= 15 is 0 Å². The van der Waals surface area contributed by atoms with Crippen LogP contribution in [0.25, 0.3) is 10.9 Å². The molecule has 31 heavy (non-hydrogen) atoms. The maximum Gasteiger partial charge on any atom is 0.322 e. The number of anilines is 1. The van der Waals surface area contributed by atoms with Crippen LogP contribution in [0, 0.1) is 0 Å². The van der Waals surface area contributed by atoms with Gasteiger partial charge in [0.2, 0.25) is 0 Å². The smallest absolute Gasteiger partial charge is 0.322 e. The number of benzene rings is 2. The Balaban J connectivity index is 1.44. The van der Waals surface area contributed by atoms with Crippen molar-refractivity contribution < 1.29 is 9.53 Å². The molecule has 2 heterocycles. The van der Waals surface area contributed by atoms with Gasteiger partial charge in [0.05, 0.1) is 29.7 Å². The molecule has 0 radical (unpaired) electrons. The van der Waals surface area contributed by atoms with Crippen molar-refractivity contribution >= 4 is 22.6 Å². The molecule has 0 aliphatic carbocycles. The van der Waals surface area contributed by atoms with Crippen molar-refractivity contribution in [2.45, 2.75) is 13.0 Å². The molecule has 162 valence electrons. The lowest BCUT2D eigenvalue weighted by Gasteiger charge is -2.38. The Kier molecular flexibility index (Phi) is 5.90. The maximum absolute atomic E-state index is 12.7. The maximum atomic E-state index is 12.7. The van der Waals surface area contributed by atoms with E-state index in [1.54, 1.807) is 29.7 Å². The predicted molar refractivity (Wildman–Crippen MR) is 121 cm³/mol. The summed E-state index contributed by atoms with van der Waals surface area (Å²) in [6.07, 6.45) is 0. The van der Waals surface area contributed by atoms with E-state index in [9.17, 15) is 9.59 Å². The van der Waals surface area contributed by atoms with Crippen molar-refractivity contribution in [2.24, 2.45) is 7.05 Å². The fraction of sp³-hybridized carbons (Fsp3) is 0.348. The molecule has 1 atom stereocenters. The largest absolute Gasteiger partial charge is 0.495 e. The Morgan fingerprint density at radius 2 is 1.74 bits per heavy atom. The van der Waals surface area contributed by atoms with Crippen LogP contribution >= 0.6 is 0 Å². The summed E-state index contributed by atoms with van der Waals surface area (Å²) in [6.45, 7) is 4.63. The summed E-state index contributed by atoms with van der Waals surface area (Å²) in [5.41, 5.74) is 1.32. The number of rotatable bonds is 4. The summed E-state index contributed by atoms with van der Waals surface area (Å²) in [6, 6.07) is 14.6. The lowest BCUT2D eigenvalue weighted by atomic mass is 10.2. The molecule has 1 N–H and O–H groups in total. The van der Waals surface area contributed by atoms with E-state index in [1.165, 1.54) is 0 Å². The molecule has 2 amide bonds. The van der Waals surface area contributed by atoms with Gasteiger partial charge in [0.15, 0.2) is 0 Å². The Morgan fingerprint density at radius 3 is 2.48 bits per heavy atom. The minimum atomic E-state index is -0.145. The first kappa shape index (κ1) is 20.9.